The molecule has 0 aliphatic carbocycles. The summed E-state index contributed by atoms with van der Waals surface area (Å²) in [6.45, 7) is 0. The van der Waals surface area contributed by atoms with Gasteiger partial charge in [-0.25, -0.2) is 4.98 Å². The van der Waals surface area contributed by atoms with Crippen LogP contribution >= 0.6 is 0 Å². The van der Waals surface area contributed by atoms with Crippen molar-refractivity contribution >= 4 is 17.0 Å². The topological polar surface area (TPSA) is 67.8 Å². The van der Waals surface area contributed by atoms with Gasteiger partial charge in [-0.15, -0.1) is 5.11 Å². The third-order valence-electron chi connectivity index (χ3n) is 3.48. The van der Waals surface area contributed by atoms with E-state index in [1.807, 2.05) is 48.5 Å². The standard InChI is InChI=1S/C17H11N3O2/c21-16-9-8-13(19-20-16)12-6-7-14-15(10-12)22-17(18-14)11-4-2-1-3-5-11/h1-10,13H. The van der Waals surface area contributed by atoms with Gasteiger partial charge in [0.05, 0.1) is 0 Å². The smallest absolute Gasteiger partial charge is 0.287 e. The molecule has 0 fully saturated rings. The number of amides is 1. The van der Waals surface area contributed by atoms with Gasteiger partial charge in [-0.3, -0.25) is 4.79 Å². The lowest BCUT2D eigenvalue weighted by Gasteiger charge is -2.08. The zero-order valence-corrected chi connectivity index (χ0v) is 11.5. The number of benzene rings is 2. The fourth-order valence-electron chi connectivity index (χ4n) is 2.37. The minimum absolute atomic E-state index is 0.257. The number of hydrogen-bond acceptors (Lipinski definition) is 4. The molecule has 106 valence electrons. The highest BCUT2D eigenvalue weighted by Crippen LogP contribution is 2.29. The van der Waals surface area contributed by atoms with E-state index in [0.717, 1.165) is 16.6 Å². The molecule has 0 N–H and O–H groups in total. The summed E-state index contributed by atoms with van der Waals surface area (Å²) in [7, 11) is 0. The molecule has 1 aliphatic heterocycles. The number of azo groups is 1. The number of aromatic nitrogens is 1. The summed E-state index contributed by atoms with van der Waals surface area (Å²) in [6, 6.07) is 15.2. The van der Waals surface area contributed by atoms with Crippen LogP contribution in [0, 0.1) is 0 Å². The molecule has 1 amide bonds. The fraction of sp³-hybridized carbons (Fsp3) is 0.0588. The third-order valence-corrected chi connectivity index (χ3v) is 3.48. The summed E-state index contributed by atoms with van der Waals surface area (Å²) < 4.78 is 5.83. The number of hydrogen-bond donors (Lipinski definition) is 0. The zero-order valence-electron chi connectivity index (χ0n) is 11.5. The molecule has 0 spiro atoms. The van der Waals surface area contributed by atoms with Gasteiger partial charge < -0.3 is 4.42 Å². The molecule has 1 aliphatic rings. The number of nitrogens with zero attached hydrogens (tertiary/aromatic N) is 3. The van der Waals surface area contributed by atoms with Gasteiger partial charge in [-0.1, -0.05) is 24.3 Å². The molecule has 1 atom stereocenters. The van der Waals surface area contributed by atoms with Gasteiger partial charge >= 0.3 is 0 Å². The van der Waals surface area contributed by atoms with Crippen molar-refractivity contribution < 1.29 is 9.21 Å². The zero-order chi connectivity index (χ0) is 14.9. The lowest BCUT2D eigenvalue weighted by molar-refractivity contribution is -0.114. The van der Waals surface area contributed by atoms with E-state index in [2.05, 4.69) is 15.2 Å². The average molecular weight is 289 g/mol. The second-order valence-electron chi connectivity index (χ2n) is 4.97. The summed E-state index contributed by atoms with van der Waals surface area (Å²) in [6.07, 6.45) is 3.16. The van der Waals surface area contributed by atoms with Crippen LogP contribution in [-0.4, -0.2) is 10.9 Å². The summed E-state index contributed by atoms with van der Waals surface area (Å²) in [5, 5.41) is 7.55. The fourth-order valence-corrected chi connectivity index (χ4v) is 2.37. The molecule has 5 nitrogen and oxygen atoms in total. The Morgan fingerprint density at radius 2 is 1.91 bits per heavy atom. The molecule has 2 heterocycles. The summed E-state index contributed by atoms with van der Waals surface area (Å²) in [5.41, 5.74) is 3.33. The summed E-state index contributed by atoms with van der Waals surface area (Å²) in [4.78, 5) is 15.5. The number of carbonyl (C=O) groups is 1. The maximum Gasteiger partial charge on any atom is 0.287 e. The monoisotopic (exact) mass is 289 g/mol. The highest BCUT2D eigenvalue weighted by molar-refractivity contribution is 5.88. The highest BCUT2D eigenvalue weighted by atomic mass is 16.3. The summed E-state index contributed by atoms with van der Waals surface area (Å²) in [5.74, 6) is 0.257. The van der Waals surface area contributed by atoms with Crippen LogP contribution in [-0.2, 0) is 4.79 Å². The van der Waals surface area contributed by atoms with Gasteiger partial charge in [-0.05, 0) is 35.9 Å². The largest absolute Gasteiger partial charge is 0.436 e. The molecule has 0 radical (unpaired) electrons. The number of carbonyl (C=O) groups excluding carboxylic acids is 1. The molecule has 0 bridgehead atoms. The van der Waals surface area contributed by atoms with Crippen LogP contribution in [0.25, 0.3) is 22.6 Å². The van der Waals surface area contributed by atoms with Crippen molar-refractivity contribution in [3.63, 3.8) is 0 Å². The van der Waals surface area contributed by atoms with Crippen molar-refractivity contribution in [2.45, 2.75) is 6.04 Å². The number of oxazole rings is 1. The Bertz CT molecular complexity index is 894. The van der Waals surface area contributed by atoms with Gasteiger partial charge in [-0.2, -0.15) is 5.11 Å². The number of rotatable bonds is 2. The minimum atomic E-state index is -0.330. The van der Waals surface area contributed by atoms with Crippen molar-refractivity contribution in [3.05, 3.63) is 66.2 Å². The Morgan fingerprint density at radius 1 is 1.05 bits per heavy atom. The first kappa shape index (κ1) is 12.6. The Hall–Kier alpha value is -3.08. The van der Waals surface area contributed by atoms with E-state index in [-0.39, 0.29) is 11.9 Å². The lowest BCUT2D eigenvalue weighted by Crippen LogP contribution is -1.98. The van der Waals surface area contributed by atoms with E-state index in [1.165, 1.54) is 6.08 Å². The second kappa shape index (κ2) is 5.04. The van der Waals surface area contributed by atoms with Crippen molar-refractivity contribution in [2.24, 2.45) is 10.2 Å². The first-order valence-corrected chi connectivity index (χ1v) is 6.88. The molecule has 5 heteroatoms. The van der Waals surface area contributed by atoms with Crippen LogP contribution < -0.4 is 0 Å². The summed E-state index contributed by atoms with van der Waals surface area (Å²) >= 11 is 0. The van der Waals surface area contributed by atoms with Crippen LogP contribution in [0.2, 0.25) is 0 Å². The highest BCUT2D eigenvalue weighted by Gasteiger charge is 2.14. The van der Waals surface area contributed by atoms with Gasteiger partial charge in [0.1, 0.15) is 11.6 Å². The molecular weight excluding hydrogens is 278 g/mol. The number of fused-ring (bicyclic) bond motifs is 1. The van der Waals surface area contributed by atoms with Gasteiger partial charge in [0.2, 0.25) is 5.89 Å². The van der Waals surface area contributed by atoms with E-state index in [4.69, 9.17) is 4.42 Å². The molecule has 1 unspecified atom stereocenters. The van der Waals surface area contributed by atoms with Crippen LogP contribution in [0.4, 0.5) is 0 Å². The van der Waals surface area contributed by atoms with Gasteiger partial charge in [0, 0.05) is 11.6 Å². The molecule has 2 aromatic carbocycles. The molecule has 4 rings (SSSR count). The van der Waals surface area contributed by atoms with E-state index in [1.54, 1.807) is 6.08 Å². The minimum Gasteiger partial charge on any atom is -0.436 e. The lowest BCUT2D eigenvalue weighted by atomic mass is 10.1. The average Bonchev–Trinajstić information content (AvgIpc) is 2.99. The van der Waals surface area contributed by atoms with Gasteiger partial charge in [0.25, 0.3) is 5.91 Å². The Morgan fingerprint density at radius 3 is 2.68 bits per heavy atom. The Kier molecular flexibility index (Phi) is 2.89. The molecule has 1 aromatic heterocycles. The molecule has 22 heavy (non-hydrogen) atoms. The van der Waals surface area contributed by atoms with Crippen molar-refractivity contribution in [2.75, 3.05) is 0 Å². The van der Waals surface area contributed by atoms with E-state index in [0.29, 0.717) is 11.5 Å². The third kappa shape index (κ3) is 2.22. The normalized spacial score (nSPS) is 17.3. The first-order chi connectivity index (χ1) is 10.8. The van der Waals surface area contributed by atoms with E-state index in [9.17, 15) is 4.79 Å². The van der Waals surface area contributed by atoms with E-state index < -0.39 is 0 Å². The van der Waals surface area contributed by atoms with Crippen molar-refractivity contribution in [3.8, 4) is 11.5 Å². The maximum atomic E-state index is 11.0. The Labute approximate surface area is 126 Å². The Balaban J connectivity index is 1.74. The SMILES string of the molecule is O=C1C=CC(c2ccc3nc(-c4ccccc4)oc3c2)N=N1. The van der Waals surface area contributed by atoms with Crippen molar-refractivity contribution in [1.29, 1.82) is 0 Å². The van der Waals surface area contributed by atoms with Crippen LogP contribution in [0.15, 0.2) is 75.3 Å². The molecular formula is C17H11N3O2. The van der Waals surface area contributed by atoms with Gasteiger partial charge in [0.15, 0.2) is 5.58 Å². The van der Waals surface area contributed by atoms with Crippen LogP contribution in [0.5, 0.6) is 0 Å². The molecule has 3 aromatic rings. The van der Waals surface area contributed by atoms with Crippen LogP contribution in [0.3, 0.4) is 0 Å². The molecule has 0 saturated carbocycles. The first-order valence-electron chi connectivity index (χ1n) is 6.88. The van der Waals surface area contributed by atoms with Crippen molar-refractivity contribution in [1.82, 2.24) is 4.98 Å². The van der Waals surface area contributed by atoms with Crippen LogP contribution in [0.1, 0.15) is 11.6 Å². The quantitative estimate of drug-likeness (QED) is 0.713. The molecule has 0 saturated heterocycles. The second-order valence-corrected chi connectivity index (χ2v) is 4.97. The maximum absolute atomic E-state index is 11.0. The predicted molar refractivity (Wildman–Crippen MR) is 81.2 cm³/mol. The van der Waals surface area contributed by atoms with E-state index >= 15 is 0 Å². The predicted octanol–water partition coefficient (Wildman–Crippen LogP) is 4.08.